The van der Waals surface area contributed by atoms with E-state index in [9.17, 15) is 4.79 Å². The number of ether oxygens (including phenoxy) is 1. The van der Waals surface area contributed by atoms with Crippen LogP contribution in [0.2, 0.25) is 0 Å². The van der Waals surface area contributed by atoms with Gasteiger partial charge in [0.05, 0.1) is 6.61 Å². The van der Waals surface area contributed by atoms with Gasteiger partial charge in [0.15, 0.2) is 0 Å². The molecule has 0 atom stereocenters. The third kappa shape index (κ3) is 3.40. The molecule has 1 aromatic heterocycles. The van der Waals surface area contributed by atoms with Crippen LogP contribution in [-0.4, -0.2) is 24.0 Å². The fourth-order valence-electron chi connectivity index (χ4n) is 2.49. The second-order valence-electron chi connectivity index (χ2n) is 5.14. The quantitative estimate of drug-likeness (QED) is 0.936. The Kier molecular flexibility index (Phi) is 4.15. The molecule has 1 N–H and O–H groups in total. The van der Waals surface area contributed by atoms with Crippen LogP contribution >= 0.6 is 0 Å². The van der Waals surface area contributed by atoms with Gasteiger partial charge >= 0.3 is 0 Å². The van der Waals surface area contributed by atoms with Crippen molar-refractivity contribution in [1.82, 2.24) is 10.3 Å². The van der Waals surface area contributed by atoms with Crippen molar-refractivity contribution in [2.24, 2.45) is 0 Å². The van der Waals surface area contributed by atoms with Crippen LogP contribution in [-0.2, 0) is 12.8 Å². The van der Waals surface area contributed by atoms with Crippen LogP contribution in [0.1, 0.15) is 27.9 Å². The number of carbonyl (C=O) groups excluding carboxylic acids is 1. The van der Waals surface area contributed by atoms with Crippen LogP contribution in [0.15, 0.2) is 42.7 Å². The molecule has 21 heavy (non-hydrogen) atoms. The fourth-order valence-corrected chi connectivity index (χ4v) is 2.49. The number of hydrogen-bond donors (Lipinski definition) is 1. The first-order chi connectivity index (χ1) is 10.3. The van der Waals surface area contributed by atoms with Crippen LogP contribution < -0.4 is 10.1 Å². The Balaban J connectivity index is 1.55. The minimum Gasteiger partial charge on any atom is -0.493 e. The zero-order valence-electron chi connectivity index (χ0n) is 11.8. The van der Waals surface area contributed by atoms with Crippen molar-refractivity contribution < 1.29 is 9.53 Å². The molecule has 2 aromatic rings. The summed E-state index contributed by atoms with van der Waals surface area (Å²) in [6.45, 7) is 1.44. The Labute approximate surface area is 124 Å². The monoisotopic (exact) mass is 282 g/mol. The van der Waals surface area contributed by atoms with Gasteiger partial charge in [-0.05, 0) is 48.6 Å². The Morgan fingerprint density at radius 2 is 2.10 bits per heavy atom. The lowest BCUT2D eigenvalue weighted by Gasteiger charge is -2.17. The van der Waals surface area contributed by atoms with Crippen molar-refractivity contribution in [2.45, 2.75) is 19.3 Å². The van der Waals surface area contributed by atoms with Gasteiger partial charge in [-0.15, -0.1) is 0 Å². The van der Waals surface area contributed by atoms with Crippen molar-refractivity contribution in [3.05, 3.63) is 59.4 Å². The van der Waals surface area contributed by atoms with Gasteiger partial charge in [-0.25, -0.2) is 0 Å². The third-order valence-electron chi connectivity index (χ3n) is 3.61. The molecule has 4 nitrogen and oxygen atoms in total. The number of pyridine rings is 1. The normalized spacial score (nSPS) is 13.1. The summed E-state index contributed by atoms with van der Waals surface area (Å²) >= 11 is 0. The molecule has 0 spiro atoms. The SMILES string of the molecule is O=C(NCCc1ccc2c(c1)CCCO2)c1ccncc1. The molecule has 0 bridgehead atoms. The molecule has 0 radical (unpaired) electrons. The van der Waals surface area contributed by atoms with Crippen molar-refractivity contribution in [1.29, 1.82) is 0 Å². The molecule has 1 aromatic carbocycles. The standard InChI is InChI=1S/C17H18N2O2/c20-17(14-6-8-18-9-7-14)19-10-5-13-3-4-16-15(12-13)2-1-11-21-16/h3-4,6-9,12H,1-2,5,10-11H2,(H,19,20). The van der Waals surface area contributed by atoms with Crippen LogP contribution in [0.3, 0.4) is 0 Å². The largest absolute Gasteiger partial charge is 0.493 e. The van der Waals surface area contributed by atoms with Crippen LogP contribution in [0.5, 0.6) is 5.75 Å². The highest BCUT2D eigenvalue weighted by molar-refractivity contribution is 5.93. The highest BCUT2D eigenvalue weighted by Crippen LogP contribution is 2.25. The van der Waals surface area contributed by atoms with E-state index in [1.165, 1.54) is 11.1 Å². The van der Waals surface area contributed by atoms with Gasteiger partial charge in [0.2, 0.25) is 0 Å². The van der Waals surface area contributed by atoms with E-state index in [0.29, 0.717) is 12.1 Å². The lowest BCUT2D eigenvalue weighted by molar-refractivity contribution is 0.0954. The zero-order chi connectivity index (χ0) is 14.5. The van der Waals surface area contributed by atoms with Gasteiger partial charge in [-0.3, -0.25) is 9.78 Å². The lowest BCUT2D eigenvalue weighted by atomic mass is 10.0. The summed E-state index contributed by atoms with van der Waals surface area (Å²) < 4.78 is 5.60. The average Bonchev–Trinajstić information content (AvgIpc) is 2.55. The number of nitrogens with zero attached hydrogens (tertiary/aromatic N) is 1. The smallest absolute Gasteiger partial charge is 0.251 e. The molecule has 0 saturated heterocycles. The van der Waals surface area contributed by atoms with E-state index in [2.05, 4.69) is 22.4 Å². The molecule has 108 valence electrons. The molecule has 4 heteroatoms. The van der Waals surface area contributed by atoms with E-state index in [1.54, 1.807) is 24.5 Å². The zero-order valence-corrected chi connectivity index (χ0v) is 11.8. The summed E-state index contributed by atoms with van der Waals surface area (Å²) in [5, 5.41) is 2.93. The number of rotatable bonds is 4. The maximum absolute atomic E-state index is 11.9. The molecule has 1 aliphatic rings. The maximum Gasteiger partial charge on any atom is 0.251 e. The van der Waals surface area contributed by atoms with Crippen molar-refractivity contribution in [3.63, 3.8) is 0 Å². The molecule has 0 fully saturated rings. The minimum atomic E-state index is -0.0568. The molecule has 0 aliphatic carbocycles. The molecular weight excluding hydrogens is 264 g/mol. The first kappa shape index (κ1) is 13.6. The summed E-state index contributed by atoms with van der Waals surface area (Å²) in [6, 6.07) is 9.72. The van der Waals surface area contributed by atoms with E-state index in [-0.39, 0.29) is 5.91 Å². The van der Waals surface area contributed by atoms with Gasteiger partial charge in [0.25, 0.3) is 5.91 Å². The van der Waals surface area contributed by atoms with Gasteiger partial charge in [-0.2, -0.15) is 0 Å². The second-order valence-corrected chi connectivity index (χ2v) is 5.14. The number of nitrogens with one attached hydrogen (secondary N) is 1. The molecule has 1 amide bonds. The van der Waals surface area contributed by atoms with E-state index in [1.807, 2.05) is 6.07 Å². The molecule has 2 heterocycles. The number of carbonyl (C=O) groups is 1. The third-order valence-corrected chi connectivity index (χ3v) is 3.61. The number of amides is 1. The predicted molar refractivity (Wildman–Crippen MR) is 80.5 cm³/mol. The van der Waals surface area contributed by atoms with Gasteiger partial charge in [-0.1, -0.05) is 12.1 Å². The molecule has 0 saturated carbocycles. The summed E-state index contributed by atoms with van der Waals surface area (Å²) in [7, 11) is 0. The van der Waals surface area contributed by atoms with Crippen LogP contribution in [0.25, 0.3) is 0 Å². The first-order valence-corrected chi connectivity index (χ1v) is 7.26. The van der Waals surface area contributed by atoms with E-state index < -0.39 is 0 Å². The number of aromatic nitrogens is 1. The summed E-state index contributed by atoms with van der Waals surface area (Å²) in [6.07, 6.45) is 6.22. The fraction of sp³-hybridized carbons (Fsp3) is 0.294. The molecule has 0 unspecified atom stereocenters. The number of benzene rings is 1. The Hall–Kier alpha value is -2.36. The van der Waals surface area contributed by atoms with Crippen molar-refractivity contribution in [2.75, 3.05) is 13.2 Å². The summed E-state index contributed by atoms with van der Waals surface area (Å²) in [5.41, 5.74) is 3.15. The summed E-state index contributed by atoms with van der Waals surface area (Å²) in [4.78, 5) is 15.8. The van der Waals surface area contributed by atoms with E-state index >= 15 is 0 Å². The van der Waals surface area contributed by atoms with E-state index in [4.69, 9.17) is 4.74 Å². The number of hydrogen-bond acceptors (Lipinski definition) is 3. The lowest BCUT2D eigenvalue weighted by Crippen LogP contribution is -2.25. The topological polar surface area (TPSA) is 51.2 Å². The Bertz CT molecular complexity index is 626. The average molecular weight is 282 g/mol. The van der Waals surface area contributed by atoms with Crippen LogP contribution in [0, 0.1) is 0 Å². The maximum atomic E-state index is 11.9. The predicted octanol–water partition coefficient (Wildman–Crippen LogP) is 2.38. The number of aryl methyl sites for hydroxylation is 1. The first-order valence-electron chi connectivity index (χ1n) is 7.26. The minimum absolute atomic E-state index is 0.0568. The molecule has 1 aliphatic heterocycles. The van der Waals surface area contributed by atoms with Gasteiger partial charge in [0, 0.05) is 24.5 Å². The molecular formula is C17H18N2O2. The molecule has 3 rings (SSSR count). The van der Waals surface area contributed by atoms with Gasteiger partial charge in [0.1, 0.15) is 5.75 Å². The van der Waals surface area contributed by atoms with Gasteiger partial charge < -0.3 is 10.1 Å². The number of fused-ring (bicyclic) bond motifs is 1. The van der Waals surface area contributed by atoms with E-state index in [0.717, 1.165) is 31.6 Å². The second kappa shape index (κ2) is 6.39. The van der Waals surface area contributed by atoms with Crippen molar-refractivity contribution in [3.8, 4) is 5.75 Å². The highest BCUT2D eigenvalue weighted by Gasteiger charge is 2.10. The highest BCUT2D eigenvalue weighted by atomic mass is 16.5. The van der Waals surface area contributed by atoms with Crippen molar-refractivity contribution >= 4 is 5.91 Å². The summed E-state index contributed by atoms with van der Waals surface area (Å²) in [5.74, 6) is 0.949. The Morgan fingerprint density at radius 3 is 2.95 bits per heavy atom. The van der Waals surface area contributed by atoms with Crippen LogP contribution in [0.4, 0.5) is 0 Å². The Morgan fingerprint density at radius 1 is 1.24 bits per heavy atom.